The van der Waals surface area contributed by atoms with E-state index in [-0.39, 0.29) is 23.9 Å². The Morgan fingerprint density at radius 3 is 2.40 bits per heavy atom. The third kappa shape index (κ3) is 2.84. The van der Waals surface area contributed by atoms with Crippen LogP contribution in [0.1, 0.15) is 32.8 Å². The standard InChI is InChI=1S/C16H22N2O2/c1-4-13-16(20)18(11(2)3)14(15(19)17-13)10-12-8-6-5-7-9-12/h5-9,11,13-14H,4,10H2,1-3H3,(H,17,19). The van der Waals surface area contributed by atoms with Crippen LogP contribution in [0.25, 0.3) is 0 Å². The van der Waals surface area contributed by atoms with Crippen LogP contribution >= 0.6 is 0 Å². The molecule has 2 rings (SSSR count). The molecule has 0 spiro atoms. The minimum Gasteiger partial charge on any atom is -0.343 e. The highest BCUT2D eigenvalue weighted by Crippen LogP contribution is 2.19. The molecule has 1 fully saturated rings. The number of carbonyl (C=O) groups excluding carboxylic acids is 2. The van der Waals surface area contributed by atoms with E-state index in [1.54, 1.807) is 4.90 Å². The number of rotatable bonds is 4. The number of hydrogen-bond acceptors (Lipinski definition) is 2. The van der Waals surface area contributed by atoms with Gasteiger partial charge in [-0.1, -0.05) is 37.3 Å². The number of nitrogens with one attached hydrogen (secondary N) is 1. The summed E-state index contributed by atoms with van der Waals surface area (Å²) >= 11 is 0. The number of benzene rings is 1. The Bertz CT molecular complexity index is 485. The molecule has 0 aliphatic carbocycles. The Labute approximate surface area is 120 Å². The lowest BCUT2D eigenvalue weighted by Gasteiger charge is -2.41. The van der Waals surface area contributed by atoms with Crippen LogP contribution in [0.3, 0.4) is 0 Å². The lowest BCUT2D eigenvalue weighted by molar-refractivity contribution is -0.151. The summed E-state index contributed by atoms with van der Waals surface area (Å²) < 4.78 is 0. The van der Waals surface area contributed by atoms with Gasteiger partial charge in [0, 0.05) is 12.5 Å². The summed E-state index contributed by atoms with van der Waals surface area (Å²) in [6.45, 7) is 5.83. The molecule has 2 unspecified atom stereocenters. The van der Waals surface area contributed by atoms with Crippen LogP contribution in [-0.2, 0) is 16.0 Å². The Kier molecular flexibility index (Phi) is 4.42. The summed E-state index contributed by atoms with van der Waals surface area (Å²) in [4.78, 5) is 26.5. The second-order valence-corrected chi connectivity index (χ2v) is 5.51. The first-order valence-electron chi connectivity index (χ1n) is 7.21. The molecule has 1 heterocycles. The first-order chi connectivity index (χ1) is 9.54. The predicted octanol–water partition coefficient (Wildman–Crippen LogP) is 1.74. The lowest BCUT2D eigenvalue weighted by Crippen LogP contribution is -2.65. The highest BCUT2D eigenvalue weighted by atomic mass is 16.2. The van der Waals surface area contributed by atoms with E-state index >= 15 is 0 Å². The summed E-state index contributed by atoms with van der Waals surface area (Å²) in [6, 6.07) is 9.06. The van der Waals surface area contributed by atoms with Gasteiger partial charge in [-0.3, -0.25) is 9.59 Å². The van der Waals surface area contributed by atoms with Crippen molar-refractivity contribution < 1.29 is 9.59 Å². The molecular formula is C16H22N2O2. The van der Waals surface area contributed by atoms with Crippen LogP contribution in [0.15, 0.2) is 30.3 Å². The fraction of sp³-hybridized carbons (Fsp3) is 0.500. The van der Waals surface area contributed by atoms with Crippen LogP contribution < -0.4 is 5.32 Å². The molecule has 4 nitrogen and oxygen atoms in total. The molecule has 20 heavy (non-hydrogen) atoms. The van der Waals surface area contributed by atoms with Crippen LogP contribution in [-0.4, -0.2) is 34.8 Å². The first kappa shape index (κ1) is 14.6. The molecule has 0 aromatic heterocycles. The molecule has 0 bridgehead atoms. The van der Waals surface area contributed by atoms with Crippen LogP contribution in [0.5, 0.6) is 0 Å². The van der Waals surface area contributed by atoms with E-state index in [4.69, 9.17) is 0 Å². The summed E-state index contributed by atoms with van der Waals surface area (Å²) in [6.07, 6.45) is 1.19. The summed E-state index contributed by atoms with van der Waals surface area (Å²) in [5.41, 5.74) is 1.07. The molecule has 2 atom stereocenters. The zero-order chi connectivity index (χ0) is 14.7. The molecule has 1 aliphatic heterocycles. The van der Waals surface area contributed by atoms with Gasteiger partial charge >= 0.3 is 0 Å². The average Bonchev–Trinajstić information content (AvgIpc) is 2.43. The molecule has 1 N–H and O–H groups in total. The Hall–Kier alpha value is -1.84. The van der Waals surface area contributed by atoms with E-state index in [0.29, 0.717) is 12.8 Å². The zero-order valence-corrected chi connectivity index (χ0v) is 12.3. The van der Waals surface area contributed by atoms with Gasteiger partial charge in [0.05, 0.1) is 0 Å². The van der Waals surface area contributed by atoms with Crippen molar-refractivity contribution in [2.75, 3.05) is 0 Å². The largest absolute Gasteiger partial charge is 0.343 e. The van der Waals surface area contributed by atoms with Crippen molar-refractivity contribution in [1.82, 2.24) is 10.2 Å². The van der Waals surface area contributed by atoms with E-state index in [9.17, 15) is 9.59 Å². The summed E-state index contributed by atoms with van der Waals surface area (Å²) in [7, 11) is 0. The highest BCUT2D eigenvalue weighted by Gasteiger charge is 2.40. The second kappa shape index (κ2) is 6.07. The predicted molar refractivity (Wildman–Crippen MR) is 78.1 cm³/mol. The van der Waals surface area contributed by atoms with Crippen molar-refractivity contribution in [3.05, 3.63) is 35.9 Å². The molecule has 1 aromatic rings. The number of carbonyl (C=O) groups is 2. The van der Waals surface area contributed by atoms with E-state index in [0.717, 1.165) is 5.56 Å². The van der Waals surface area contributed by atoms with Gasteiger partial charge in [-0.2, -0.15) is 0 Å². The first-order valence-corrected chi connectivity index (χ1v) is 7.21. The fourth-order valence-corrected chi connectivity index (χ4v) is 2.71. The maximum atomic E-state index is 12.5. The van der Waals surface area contributed by atoms with E-state index < -0.39 is 6.04 Å². The van der Waals surface area contributed by atoms with Crippen LogP contribution in [0.2, 0.25) is 0 Å². The fourth-order valence-electron chi connectivity index (χ4n) is 2.71. The van der Waals surface area contributed by atoms with Crippen molar-refractivity contribution in [2.24, 2.45) is 0 Å². The van der Waals surface area contributed by atoms with E-state index in [2.05, 4.69) is 5.32 Å². The Balaban J connectivity index is 2.25. The van der Waals surface area contributed by atoms with Crippen molar-refractivity contribution >= 4 is 11.8 Å². The molecule has 4 heteroatoms. The molecule has 1 aromatic carbocycles. The van der Waals surface area contributed by atoms with Crippen molar-refractivity contribution in [2.45, 2.75) is 51.7 Å². The maximum absolute atomic E-state index is 12.5. The van der Waals surface area contributed by atoms with Crippen molar-refractivity contribution in [3.63, 3.8) is 0 Å². The molecule has 1 aliphatic rings. The number of hydrogen-bond donors (Lipinski definition) is 1. The lowest BCUT2D eigenvalue weighted by atomic mass is 9.97. The van der Waals surface area contributed by atoms with Crippen molar-refractivity contribution in [3.8, 4) is 0 Å². The second-order valence-electron chi connectivity index (χ2n) is 5.51. The normalized spacial score (nSPS) is 23.1. The molecule has 0 saturated carbocycles. The SMILES string of the molecule is CCC1NC(=O)C(Cc2ccccc2)N(C(C)C)C1=O. The van der Waals surface area contributed by atoms with Gasteiger partial charge in [-0.25, -0.2) is 0 Å². The summed E-state index contributed by atoms with van der Waals surface area (Å²) in [5, 5.41) is 2.84. The molecule has 0 radical (unpaired) electrons. The van der Waals surface area contributed by atoms with Gasteiger partial charge in [-0.15, -0.1) is 0 Å². The van der Waals surface area contributed by atoms with E-state index in [1.807, 2.05) is 51.1 Å². The van der Waals surface area contributed by atoms with Gasteiger partial charge in [0.2, 0.25) is 11.8 Å². The monoisotopic (exact) mass is 274 g/mol. The molecule has 2 amide bonds. The molecule has 1 saturated heterocycles. The van der Waals surface area contributed by atoms with E-state index in [1.165, 1.54) is 0 Å². The number of amides is 2. The quantitative estimate of drug-likeness (QED) is 0.909. The number of nitrogens with zero attached hydrogens (tertiary/aromatic N) is 1. The van der Waals surface area contributed by atoms with Crippen LogP contribution in [0, 0.1) is 0 Å². The van der Waals surface area contributed by atoms with Crippen molar-refractivity contribution in [1.29, 1.82) is 0 Å². The van der Waals surface area contributed by atoms with Gasteiger partial charge in [0.15, 0.2) is 0 Å². The van der Waals surface area contributed by atoms with Gasteiger partial charge in [0.25, 0.3) is 0 Å². The third-order valence-electron chi connectivity index (χ3n) is 3.74. The topological polar surface area (TPSA) is 49.4 Å². The maximum Gasteiger partial charge on any atom is 0.246 e. The van der Waals surface area contributed by atoms with Gasteiger partial charge in [-0.05, 0) is 25.8 Å². The zero-order valence-electron chi connectivity index (χ0n) is 12.3. The minimum atomic E-state index is -0.410. The minimum absolute atomic E-state index is 0.0244. The molecular weight excluding hydrogens is 252 g/mol. The highest BCUT2D eigenvalue weighted by molar-refractivity contribution is 5.97. The summed E-state index contributed by atoms with van der Waals surface area (Å²) in [5.74, 6) is -0.0166. The van der Waals surface area contributed by atoms with Gasteiger partial charge in [0.1, 0.15) is 12.1 Å². The Morgan fingerprint density at radius 2 is 1.85 bits per heavy atom. The van der Waals surface area contributed by atoms with Crippen LogP contribution in [0.4, 0.5) is 0 Å². The third-order valence-corrected chi connectivity index (χ3v) is 3.74. The Morgan fingerprint density at radius 1 is 1.20 bits per heavy atom. The number of piperazine rings is 1. The molecule has 108 valence electrons. The smallest absolute Gasteiger partial charge is 0.246 e. The average molecular weight is 274 g/mol. The van der Waals surface area contributed by atoms with Gasteiger partial charge < -0.3 is 10.2 Å².